The SMILES string of the molecule is Cc1nn(Cc2ccc(Cl)s2)c(C)c1S(=O)(=O)N(C)Cc1ccco1. The number of furan rings is 1. The number of hydrogen-bond donors (Lipinski definition) is 0. The van der Waals surface area contributed by atoms with Crippen molar-refractivity contribution < 1.29 is 12.8 Å². The van der Waals surface area contributed by atoms with Gasteiger partial charge in [-0.05, 0) is 38.1 Å². The number of hydrogen-bond acceptors (Lipinski definition) is 5. The summed E-state index contributed by atoms with van der Waals surface area (Å²) in [5.74, 6) is 0.585. The molecule has 3 heterocycles. The van der Waals surface area contributed by atoms with Gasteiger partial charge in [-0.15, -0.1) is 11.3 Å². The molecule has 0 fully saturated rings. The molecule has 0 radical (unpaired) electrons. The third-order valence-electron chi connectivity index (χ3n) is 3.88. The first-order valence-corrected chi connectivity index (χ1v) is 10.2. The van der Waals surface area contributed by atoms with Crippen LogP contribution in [-0.2, 0) is 23.1 Å². The third kappa shape index (κ3) is 3.67. The average molecular weight is 400 g/mol. The van der Waals surface area contributed by atoms with Crippen LogP contribution in [0.5, 0.6) is 0 Å². The first-order chi connectivity index (χ1) is 11.8. The number of thiophene rings is 1. The first-order valence-electron chi connectivity index (χ1n) is 7.56. The van der Waals surface area contributed by atoms with Gasteiger partial charge in [-0.1, -0.05) is 11.6 Å². The summed E-state index contributed by atoms with van der Waals surface area (Å²) < 4.78 is 34.9. The van der Waals surface area contributed by atoms with Crippen LogP contribution in [0.1, 0.15) is 22.0 Å². The summed E-state index contributed by atoms with van der Waals surface area (Å²) in [6.45, 7) is 4.13. The Balaban J connectivity index is 1.90. The number of nitrogens with zero attached hydrogens (tertiary/aromatic N) is 3. The summed E-state index contributed by atoms with van der Waals surface area (Å²) in [6, 6.07) is 7.22. The lowest BCUT2D eigenvalue weighted by molar-refractivity contribution is 0.406. The van der Waals surface area contributed by atoms with Gasteiger partial charge in [-0.3, -0.25) is 4.68 Å². The topological polar surface area (TPSA) is 68.3 Å². The highest BCUT2D eigenvalue weighted by Crippen LogP contribution is 2.27. The second-order valence-electron chi connectivity index (χ2n) is 5.70. The molecule has 0 bridgehead atoms. The fourth-order valence-corrected chi connectivity index (χ4v) is 5.23. The van der Waals surface area contributed by atoms with E-state index in [1.165, 1.54) is 29.0 Å². The Morgan fingerprint density at radius 2 is 2.08 bits per heavy atom. The zero-order chi connectivity index (χ0) is 18.2. The van der Waals surface area contributed by atoms with Gasteiger partial charge in [0.15, 0.2) is 0 Å². The van der Waals surface area contributed by atoms with Crippen molar-refractivity contribution in [3.63, 3.8) is 0 Å². The Morgan fingerprint density at radius 3 is 2.68 bits per heavy atom. The van der Waals surface area contributed by atoms with E-state index in [-0.39, 0.29) is 11.4 Å². The van der Waals surface area contributed by atoms with Crippen molar-refractivity contribution in [3.05, 3.63) is 56.9 Å². The summed E-state index contributed by atoms with van der Waals surface area (Å²) in [6.07, 6.45) is 1.52. The van der Waals surface area contributed by atoms with Gasteiger partial charge in [-0.25, -0.2) is 8.42 Å². The first kappa shape index (κ1) is 18.2. The predicted molar refractivity (Wildman–Crippen MR) is 97.5 cm³/mol. The molecule has 0 aliphatic rings. The van der Waals surface area contributed by atoms with E-state index in [4.69, 9.17) is 16.0 Å². The predicted octanol–water partition coefficient (Wildman–Crippen LogP) is 3.68. The molecule has 6 nitrogen and oxygen atoms in total. The molecule has 0 aliphatic heterocycles. The third-order valence-corrected chi connectivity index (χ3v) is 7.15. The van der Waals surface area contributed by atoms with Crippen LogP contribution in [0.4, 0.5) is 0 Å². The maximum Gasteiger partial charge on any atom is 0.246 e. The average Bonchev–Trinajstić information content (AvgIpc) is 3.23. The van der Waals surface area contributed by atoms with Crippen molar-refractivity contribution in [3.8, 4) is 0 Å². The number of rotatable bonds is 6. The maximum atomic E-state index is 13.0. The van der Waals surface area contributed by atoms with Crippen LogP contribution >= 0.6 is 22.9 Å². The number of aromatic nitrogens is 2. The molecule has 3 aromatic rings. The fraction of sp³-hybridized carbons (Fsp3) is 0.312. The molecule has 9 heteroatoms. The highest BCUT2D eigenvalue weighted by molar-refractivity contribution is 7.89. The van der Waals surface area contributed by atoms with E-state index in [1.807, 2.05) is 12.1 Å². The Labute approximate surface area is 155 Å². The van der Waals surface area contributed by atoms with Crippen LogP contribution in [0.15, 0.2) is 39.8 Å². The van der Waals surface area contributed by atoms with Crippen LogP contribution in [0.25, 0.3) is 0 Å². The zero-order valence-electron chi connectivity index (χ0n) is 14.1. The Kier molecular flexibility index (Phi) is 5.06. The Hall–Kier alpha value is -1.61. The van der Waals surface area contributed by atoms with E-state index in [2.05, 4.69) is 5.10 Å². The zero-order valence-corrected chi connectivity index (χ0v) is 16.5. The standard InChI is InChI=1S/C16H18ClN3O3S2/c1-11-16(25(21,22)19(3)9-13-5-4-8-23-13)12(2)20(18-11)10-14-6-7-15(17)24-14/h4-8H,9-10H2,1-3H3. The molecule has 3 aromatic heterocycles. The van der Waals surface area contributed by atoms with Crippen molar-refractivity contribution in [1.82, 2.24) is 14.1 Å². The quantitative estimate of drug-likeness (QED) is 0.634. The second-order valence-corrected chi connectivity index (χ2v) is 9.49. The van der Waals surface area contributed by atoms with Crippen molar-refractivity contribution in [2.75, 3.05) is 7.05 Å². The highest BCUT2D eigenvalue weighted by Gasteiger charge is 2.29. The molecule has 25 heavy (non-hydrogen) atoms. The van der Waals surface area contributed by atoms with E-state index in [0.717, 1.165) is 4.88 Å². The number of halogens is 1. The van der Waals surface area contributed by atoms with E-state index in [1.54, 1.807) is 30.7 Å². The van der Waals surface area contributed by atoms with Gasteiger partial charge >= 0.3 is 0 Å². The minimum atomic E-state index is -3.68. The summed E-state index contributed by atoms with van der Waals surface area (Å²) >= 11 is 7.42. The maximum absolute atomic E-state index is 13.0. The lowest BCUT2D eigenvalue weighted by Crippen LogP contribution is -2.27. The van der Waals surface area contributed by atoms with Crippen molar-refractivity contribution >= 4 is 33.0 Å². The highest BCUT2D eigenvalue weighted by atomic mass is 35.5. The normalized spacial score (nSPS) is 12.2. The van der Waals surface area contributed by atoms with Crippen LogP contribution in [-0.4, -0.2) is 29.6 Å². The van der Waals surface area contributed by atoms with Crippen LogP contribution < -0.4 is 0 Å². The molecule has 0 spiro atoms. The molecular weight excluding hydrogens is 382 g/mol. The van der Waals surface area contributed by atoms with Gasteiger partial charge in [0.1, 0.15) is 10.7 Å². The molecule has 0 atom stereocenters. The Morgan fingerprint density at radius 1 is 1.32 bits per heavy atom. The largest absolute Gasteiger partial charge is 0.468 e. The lowest BCUT2D eigenvalue weighted by Gasteiger charge is -2.16. The lowest BCUT2D eigenvalue weighted by atomic mass is 10.4. The summed E-state index contributed by atoms with van der Waals surface area (Å²) in [4.78, 5) is 1.26. The van der Waals surface area contributed by atoms with Gasteiger partial charge in [0, 0.05) is 11.9 Å². The minimum Gasteiger partial charge on any atom is -0.468 e. The summed E-state index contributed by atoms with van der Waals surface area (Å²) in [5, 5.41) is 4.41. The minimum absolute atomic E-state index is 0.167. The second kappa shape index (κ2) is 6.95. The molecule has 0 aromatic carbocycles. The van der Waals surface area contributed by atoms with Crippen LogP contribution in [0.3, 0.4) is 0 Å². The van der Waals surface area contributed by atoms with Gasteiger partial charge in [-0.2, -0.15) is 9.40 Å². The van der Waals surface area contributed by atoms with Crippen molar-refractivity contribution in [2.24, 2.45) is 0 Å². The smallest absolute Gasteiger partial charge is 0.246 e. The van der Waals surface area contributed by atoms with Crippen molar-refractivity contribution in [2.45, 2.75) is 31.8 Å². The molecule has 0 saturated carbocycles. The van der Waals surface area contributed by atoms with E-state index >= 15 is 0 Å². The molecule has 134 valence electrons. The molecule has 3 rings (SSSR count). The van der Waals surface area contributed by atoms with Crippen LogP contribution in [0.2, 0.25) is 4.34 Å². The summed E-state index contributed by atoms with van der Waals surface area (Å²) in [5.41, 5.74) is 1.08. The molecule has 0 unspecified atom stereocenters. The van der Waals surface area contributed by atoms with Crippen molar-refractivity contribution in [1.29, 1.82) is 0 Å². The van der Waals surface area contributed by atoms with Gasteiger partial charge in [0.05, 0.1) is 35.1 Å². The Bertz CT molecular complexity index is 975. The molecule has 0 saturated heterocycles. The number of sulfonamides is 1. The summed E-state index contributed by atoms with van der Waals surface area (Å²) in [7, 11) is -2.14. The van der Waals surface area contributed by atoms with E-state index in [0.29, 0.717) is 28.0 Å². The molecule has 0 aliphatic carbocycles. The molecular formula is C16H18ClN3O3S2. The fourth-order valence-electron chi connectivity index (χ4n) is 2.65. The van der Waals surface area contributed by atoms with Gasteiger partial charge in [0.25, 0.3) is 0 Å². The molecule has 0 amide bonds. The van der Waals surface area contributed by atoms with Gasteiger partial charge < -0.3 is 4.42 Å². The number of aryl methyl sites for hydroxylation is 1. The van der Waals surface area contributed by atoms with Gasteiger partial charge in [0.2, 0.25) is 10.0 Å². The monoisotopic (exact) mass is 399 g/mol. The van der Waals surface area contributed by atoms with Crippen LogP contribution in [0, 0.1) is 13.8 Å². The van der Waals surface area contributed by atoms with E-state index < -0.39 is 10.0 Å². The molecule has 0 N–H and O–H groups in total. The van der Waals surface area contributed by atoms with E-state index in [9.17, 15) is 8.42 Å².